The Bertz CT molecular complexity index is 797. The van der Waals surface area contributed by atoms with Crippen LogP contribution in [0.5, 0.6) is 5.75 Å². The average Bonchev–Trinajstić information content (AvgIpc) is 2.73. The van der Waals surface area contributed by atoms with Gasteiger partial charge >= 0.3 is 0 Å². The van der Waals surface area contributed by atoms with Gasteiger partial charge in [-0.05, 0) is 48.3 Å². The molecule has 0 spiro atoms. The van der Waals surface area contributed by atoms with E-state index in [0.29, 0.717) is 6.54 Å². The molecule has 2 heterocycles. The van der Waals surface area contributed by atoms with Crippen LogP contribution in [0.15, 0.2) is 47.4 Å². The lowest BCUT2D eigenvalue weighted by atomic mass is 10.1. The zero-order chi connectivity index (χ0) is 19.5. The molecule has 7 heteroatoms. The molecule has 1 N–H and O–H groups in total. The maximum atomic E-state index is 13.1. The maximum absolute atomic E-state index is 13.1. The molecule has 0 aliphatic carbocycles. The molecule has 2 aliphatic heterocycles. The van der Waals surface area contributed by atoms with Gasteiger partial charge in [0.1, 0.15) is 11.6 Å². The lowest BCUT2D eigenvalue weighted by Crippen LogP contribution is -2.48. The van der Waals surface area contributed by atoms with Crippen molar-refractivity contribution in [2.75, 3.05) is 57.8 Å². The number of aliphatic hydroxyl groups excluding tert-OH is 1. The fourth-order valence-electron chi connectivity index (χ4n) is 3.84. The first kappa shape index (κ1) is 19.5. The fourth-order valence-corrected chi connectivity index (χ4v) is 4.98. The molecule has 28 heavy (non-hydrogen) atoms. The summed E-state index contributed by atoms with van der Waals surface area (Å²) >= 11 is 1.70. The summed E-state index contributed by atoms with van der Waals surface area (Å²) in [6.07, 6.45) is -0.525. The standard InChI is InChI=1S/C21H26FN3O2S/c1-27-19-3-2-4-20-21(19)18(26)15-25(28-20)14-11-23-9-12-24(13-10-23)17-7-5-16(22)6-8-17/h2-8,18,26H,9-15H2,1H3. The molecule has 0 bridgehead atoms. The maximum Gasteiger partial charge on any atom is 0.125 e. The van der Waals surface area contributed by atoms with Crippen LogP contribution in [0, 0.1) is 5.82 Å². The highest BCUT2D eigenvalue weighted by Gasteiger charge is 2.28. The van der Waals surface area contributed by atoms with E-state index in [0.717, 1.165) is 61.2 Å². The van der Waals surface area contributed by atoms with Crippen molar-refractivity contribution in [1.29, 1.82) is 0 Å². The van der Waals surface area contributed by atoms with Gasteiger partial charge < -0.3 is 14.7 Å². The summed E-state index contributed by atoms with van der Waals surface area (Å²) in [6, 6.07) is 12.7. The molecular weight excluding hydrogens is 377 g/mol. The molecule has 5 nitrogen and oxygen atoms in total. The van der Waals surface area contributed by atoms with Gasteiger partial charge in [-0.3, -0.25) is 4.90 Å². The Hall–Kier alpha value is -1.80. The molecule has 0 aromatic heterocycles. The third-order valence-electron chi connectivity index (χ3n) is 5.41. The summed E-state index contributed by atoms with van der Waals surface area (Å²) in [6.45, 7) is 6.34. The summed E-state index contributed by atoms with van der Waals surface area (Å²) < 4.78 is 20.7. The van der Waals surface area contributed by atoms with Gasteiger partial charge in [0.2, 0.25) is 0 Å². The minimum Gasteiger partial charge on any atom is -0.496 e. The third-order valence-corrected chi connectivity index (χ3v) is 6.56. The SMILES string of the molecule is COc1cccc2c1C(O)CN(CCN1CCN(c3ccc(F)cc3)CC1)S2. The molecule has 1 unspecified atom stereocenters. The van der Waals surface area contributed by atoms with Gasteiger partial charge in [0.25, 0.3) is 0 Å². The minimum absolute atomic E-state index is 0.192. The van der Waals surface area contributed by atoms with E-state index < -0.39 is 6.10 Å². The third kappa shape index (κ3) is 4.27. The quantitative estimate of drug-likeness (QED) is 0.774. The van der Waals surface area contributed by atoms with Gasteiger partial charge in [-0.2, -0.15) is 0 Å². The van der Waals surface area contributed by atoms with Gasteiger partial charge in [0.15, 0.2) is 0 Å². The van der Waals surface area contributed by atoms with Crippen LogP contribution >= 0.6 is 11.9 Å². The number of ether oxygens (including phenoxy) is 1. The summed E-state index contributed by atoms with van der Waals surface area (Å²) in [5.41, 5.74) is 1.99. The van der Waals surface area contributed by atoms with Crippen LogP contribution < -0.4 is 9.64 Å². The zero-order valence-corrected chi connectivity index (χ0v) is 16.9. The second-order valence-electron chi connectivity index (χ2n) is 7.17. The van der Waals surface area contributed by atoms with E-state index in [9.17, 15) is 9.50 Å². The average molecular weight is 404 g/mol. The highest BCUT2D eigenvalue weighted by molar-refractivity contribution is 7.97. The number of piperazine rings is 1. The number of anilines is 1. The van der Waals surface area contributed by atoms with Gasteiger partial charge in [-0.1, -0.05) is 6.07 Å². The van der Waals surface area contributed by atoms with Crippen molar-refractivity contribution in [3.8, 4) is 5.75 Å². The Morgan fingerprint density at radius 1 is 1.07 bits per heavy atom. The largest absolute Gasteiger partial charge is 0.496 e. The number of halogens is 1. The van der Waals surface area contributed by atoms with Gasteiger partial charge in [0.05, 0.1) is 13.2 Å². The predicted octanol–water partition coefficient (Wildman–Crippen LogP) is 3.01. The van der Waals surface area contributed by atoms with Crippen molar-refractivity contribution in [2.24, 2.45) is 0 Å². The molecule has 0 saturated carbocycles. The lowest BCUT2D eigenvalue weighted by molar-refractivity contribution is 0.134. The molecule has 0 amide bonds. The predicted molar refractivity (Wildman–Crippen MR) is 110 cm³/mol. The van der Waals surface area contributed by atoms with E-state index in [1.807, 2.05) is 30.3 Å². The van der Waals surface area contributed by atoms with Gasteiger partial charge in [-0.25, -0.2) is 8.70 Å². The van der Waals surface area contributed by atoms with Gasteiger partial charge in [0, 0.05) is 62.0 Å². The van der Waals surface area contributed by atoms with E-state index >= 15 is 0 Å². The molecular formula is C21H26FN3O2S. The van der Waals surface area contributed by atoms with Crippen molar-refractivity contribution in [3.05, 3.63) is 53.8 Å². The number of β-amino-alcohol motifs (C(OH)–C–C–N with tert-alkyl or cyclic N) is 1. The Morgan fingerprint density at radius 2 is 1.82 bits per heavy atom. The summed E-state index contributed by atoms with van der Waals surface area (Å²) in [4.78, 5) is 5.82. The molecule has 1 saturated heterocycles. The molecule has 2 aliphatic rings. The van der Waals surface area contributed by atoms with Crippen molar-refractivity contribution in [2.45, 2.75) is 11.0 Å². The fraction of sp³-hybridized carbons (Fsp3) is 0.429. The summed E-state index contributed by atoms with van der Waals surface area (Å²) in [5.74, 6) is 0.567. The number of benzene rings is 2. The van der Waals surface area contributed by atoms with E-state index in [1.165, 1.54) is 12.1 Å². The molecule has 1 fully saturated rings. The summed E-state index contributed by atoms with van der Waals surface area (Å²) in [7, 11) is 1.64. The van der Waals surface area contributed by atoms with E-state index in [-0.39, 0.29) is 5.82 Å². The minimum atomic E-state index is -0.525. The number of aliphatic hydroxyl groups is 1. The zero-order valence-electron chi connectivity index (χ0n) is 16.1. The molecule has 150 valence electrons. The number of methoxy groups -OCH3 is 1. The number of hydrogen-bond donors (Lipinski definition) is 1. The number of nitrogens with zero attached hydrogens (tertiary/aromatic N) is 3. The molecule has 2 aromatic rings. The number of rotatable bonds is 5. The second kappa shape index (κ2) is 8.69. The first-order chi connectivity index (χ1) is 13.6. The van der Waals surface area contributed by atoms with Crippen molar-refractivity contribution in [3.63, 3.8) is 0 Å². The van der Waals surface area contributed by atoms with Crippen molar-refractivity contribution < 1.29 is 14.2 Å². The Balaban J connectivity index is 1.28. The molecule has 1 atom stereocenters. The van der Waals surface area contributed by atoms with Crippen LogP contribution in [-0.4, -0.2) is 67.2 Å². The van der Waals surface area contributed by atoms with Crippen LogP contribution in [-0.2, 0) is 0 Å². The second-order valence-corrected chi connectivity index (χ2v) is 8.31. The van der Waals surface area contributed by atoms with Crippen LogP contribution in [0.1, 0.15) is 11.7 Å². The summed E-state index contributed by atoms with van der Waals surface area (Å²) in [5, 5.41) is 10.6. The van der Waals surface area contributed by atoms with Crippen molar-refractivity contribution in [1.82, 2.24) is 9.21 Å². The first-order valence-corrected chi connectivity index (χ1v) is 10.4. The molecule has 0 radical (unpaired) electrons. The van der Waals surface area contributed by atoms with Crippen LogP contribution in [0.4, 0.5) is 10.1 Å². The Labute approximate surface area is 169 Å². The highest BCUT2D eigenvalue weighted by Crippen LogP contribution is 2.41. The van der Waals surface area contributed by atoms with E-state index in [1.54, 1.807) is 19.1 Å². The topological polar surface area (TPSA) is 39.2 Å². The Morgan fingerprint density at radius 3 is 2.54 bits per heavy atom. The van der Waals surface area contributed by atoms with Crippen LogP contribution in [0.25, 0.3) is 0 Å². The normalized spacial score (nSPS) is 20.8. The van der Waals surface area contributed by atoms with E-state index in [4.69, 9.17) is 4.74 Å². The molecule has 4 rings (SSSR count). The van der Waals surface area contributed by atoms with Crippen LogP contribution in [0.2, 0.25) is 0 Å². The first-order valence-electron chi connectivity index (χ1n) is 9.65. The highest BCUT2D eigenvalue weighted by atomic mass is 32.2. The number of hydrogen-bond acceptors (Lipinski definition) is 6. The van der Waals surface area contributed by atoms with Gasteiger partial charge in [-0.15, -0.1) is 0 Å². The van der Waals surface area contributed by atoms with Crippen molar-refractivity contribution >= 4 is 17.6 Å². The van der Waals surface area contributed by atoms with E-state index in [2.05, 4.69) is 14.1 Å². The molecule has 2 aromatic carbocycles. The lowest BCUT2D eigenvalue weighted by Gasteiger charge is -2.38. The van der Waals surface area contributed by atoms with Crippen LogP contribution in [0.3, 0.4) is 0 Å². The monoisotopic (exact) mass is 403 g/mol. The Kier molecular flexibility index (Phi) is 6.06. The number of fused-ring (bicyclic) bond motifs is 1. The smallest absolute Gasteiger partial charge is 0.125 e.